The molecule has 1 aliphatic rings. The molecule has 1 aliphatic heterocycles. The number of carbonyl (C=O) groups excluding carboxylic acids is 2. The van der Waals surface area contributed by atoms with Crippen LogP contribution < -0.4 is 21.7 Å². The summed E-state index contributed by atoms with van der Waals surface area (Å²) < 4.78 is 32.6. The fraction of sp³-hybridized carbons (Fsp3) is 0.360. The first-order valence-corrected chi connectivity index (χ1v) is 13.6. The zero-order valence-electron chi connectivity index (χ0n) is 21.3. The number of hydrogen-bond donors (Lipinski definition) is 6. The Bertz CT molecular complexity index is 1290. The Balaban J connectivity index is 1.62. The normalized spacial score (nSPS) is 18.2. The predicted molar refractivity (Wildman–Crippen MR) is 142 cm³/mol. The maximum atomic E-state index is 13.1. The van der Waals surface area contributed by atoms with Crippen LogP contribution in [0.4, 0.5) is 5.69 Å². The zero-order chi connectivity index (χ0) is 28.6. The van der Waals surface area contributed by atoms with Crippen LogP contribution in [0.1, 0.15) is 25.3 Å². The maximum absolute atomic E-state index is 13.1. The van der Waals surface area contributed by atoms with Gasteiger partial charge in [0.2, 0.25) is 21.8 Å². The molecule has 2 aromatic rings. The highest BCUT2D eigenvalue weighted by atomic mass is 32.2. The highest BCUT2D eigenvalue weighted by Gasteiger charge is 2.45. The van der Waals surface area contributed by atoms with Gasteiger partial charge in [-0.15, -0.1) is 0 Å². The molecule has 1 heterocycles. The van der Waals surface area contributed by atoms with Gasteiger partial charge in [0.15, 0.2) is 5.96 Å². The number of nitrogens with one attached hydrogen (secondary N) is 4. The van der Waals surface area contributed by atoms with Crippen LogP contribution >= 0.6 is 0 Å². The predicted octanol–water partition coefficient (Wildman–Crippen LogP) is 0.436. The summed E-state index contributed by atoms with van der Waals surface area (Å²) in [5.41, 5.74) is 6.28. The van der Waals surface area contributed by atoms with Crippen LogP contribution in [0.25, 0.3) is 0 Å². The van der Waals surface area contributed by atoms with E-state index in [4.69, 9.17) is 15.9 Å². The molecule has 39 heavy (non-hydrogen) atoms. The van der Waals surface area contributed by atoms with Gasteiger partial charge >= 0.3 is 5.97 Å². The highest BCUT2D eigenvalue weighted by molar-refractivity contribution is 7.89. The van der Waals surface area contributed by atoms with Crippen molar-refractivity contribution in [2.75, 3.05) is 18.6 Å². The number of rotatable bonds is 12. The molecule has 13 nitrogen and oxygen atoms in total. The summed E-state index contributed by atoms with van der Waals surface area (Å²) in [7, 11) is -4.06. The fourth-order valence-electron chi connectivity index (χ4n) is 4.00. The number of carbonyl (C=O) groups is 3. The van der Waals surface area contributed by atoms with Gasteiger partial charge in [-0.1, -0.05) is 30.3 Å². The smallest absolute Gasteiger partial charge is 0.326 e. The number of guanidine groups is 1. The molecule has 0 saturated carbocycles. The van der Waals surface area contributed by atoms with Gasteiger partial charge in [0.05, 0.1) is 11.0 Å². The van der Waals surface area contributed by atoms with Crippen molar-refractivity contribution in [2.24, 2.45) is 5.73 Å². The zero-order valence-corrected chi connectivity index (χ0v) is 22.1. The first kappa shape index (κ1) is 29.5. The number of sulfonamides is 1. The quantitative estimate of drug-likeness (QED) is 0.121. The van der Waals surface area contributed by atoms with E-state index in [0.717, 1.165) is 4.31 Å². The van der Waals surface area contributed by atoms with Gasteiger partial charge in [-0.3, -0.25) is 15.0 Å². The van der Waals surface area contributed by atoms with E-state index in [1.807, 2.05) is 0 Å². The van der Waals surface area contributed by atoms with Crippen molar-refractivity contribution in [2.45, 2.75) is 49.3 Å². The van der Waals surface area contributed by atoms with Gasteiger partial charge in [0.1, 0.15) is 18.8 Å². The van der Waals surface area contributed by atoms with E-state index in [0.29, 0.717) is 24.2 Å². The Kier molecular flexibility index (Phi) is 9.98. The van der Waals surface area contributed by atoms with Crippen molar-refractivity contribution in [1.82, 2.24) is 14.9 Å². The van der Waals surface area contributed by atoms with Gasteiger partial charge in [-0.05, 0) is 43.2 Å². The summed E-state index contributed by atoms with van der Waals surface area (Å²) >= 11 is 0. The Morgan fingerprint density at radius 2 is 1.82 bits per heavy atom. The lowest BCUT2D eigenvalue weighted by molar-refractivity contribution is -0.142. The summed E-state index contributed by atoms with van der Waals surface area (Å²) in [6.45, 7) is 1.60. The lowest BCUT2D eigenvalue weighted by Gasteiger charge is -2.25. The molecular formula is C25H32N6O7S. The minimum atomic E-state index is -4.06. The summed E-state index contributed by atoms with van der Waals surface area (Å²) in [4.78, 5) is 37.2. The Morgan fingerprint density at radius 3 is 2.44 bits per heavy atom. The van der Waals surface area contributed by atoms with Crippen LogP contribution in [0.5, 0.6) is 0 Å². The van der Waals surface area contributed by atoms with Crippen molar-refractivity contribution in [3.05, 3.63) is 60.2 Å². The molecule has 7 N–H and O–H groups in total. The van der Waals surface area contributed by atoms with Crippen molar-refractivity contribution in [1.29, 1.82) is 5.41 Å². The molecule has 0 aromatic heterocycles. The summed E-state index contributed by atoms with van der Waals surface area (Å²) in [5, 5.41) is 24.6. The number of amides is 2. The van der Waals surface area contributed by atoms with E-state index in [-0.39, 0.29) is 36.3 Å². The van der Waals surface area contributed by atoms with Crippen molar-refractivity contribution >= 4 is 39.5 Å². The molecule has 3 atom stereocenters. The van der Waals surface area contributed by atoms with Gasteiger partial charge in [-0.2, -0.15) is 4.31 Å². The number of carboxylic acid groups (broad SMARTS) is 1. The number of nitrogens with two attached hydrogens (primary N) is 1. The first-order valence-electron chi connectivity index (χ1n) is 12.2. The van der Waals surface area contributed by atoms with Gasteiger partial charge < -0.3 is 31.5 Å². The van der Waals surface area contributed by atoms with Crippen molar-refractivity contribution in [3.63, 3.8) is 0 Å². The third-order valence-corrected chi connectivity index (χ3v) is 7.84. The molecule has 1 unspecified atom stereocenters. The maximum Gasteiger partial charge on any atom is 0.326 e. The van der Waals surface area contributed by atoms with E-state index < -0.39 is 40.1 Å². The van der Waals surface area contributed by atoms with E-state index in [1.54, 1.807) is 49.4 Å². The van der Waals surface area contributed by atoms with Crippen LogP contribution in [0.3, 0.4) is 0 Å². The van der Waals surface area contributed by atoms with Gasteiger partial charge in [0.25, 0.3) is 0 Å². The fourth-order valence-corrected chi connectivity index (χ4v) is 5.54. The van der Waals surface area contributed by atoms with Gasteiger partial charge in [0, 0.05) is 25.1 Å². The monoisotopic (exact) mass is 560 g/mol. The van der Waals surface area contributed by atoms with Crippen molar-refractivity contribution in [3.8, 4) is 0 Å². The molecule has 14 heteroatoms. The SMILES string of the molecule is CC1OCN(S(=O)(=O)c2ccccc2)[C@@H]1C(=O)N[C@@H](Cc1ccc(NC(=O)CCCNC(=N)N)cc1)C(=O)O. The Hall–Kier alpha value is -4.01. The molecule has 0 aliphatic carbocycles. The minimum Gasteiger partial charge on any atom is -0.480 e. The van der Waals surface area contributed by atoms with Gasteiger partial charge in [-0.25, -0.2) is 13.2 Å². The standard InChI is InChI=1S/C25H32N6O7S/c1-16-22(31(15-38-16)39(36,37)19-6-3-2-4-7-19)23(33)30-20(24(34)35)14-17-9-11-18(12-10-17)29-21(32)8-5-13-28-25(26)27/h2-4,6-7,9-12,16,20,22H,5,8,13-15H2,1H3,(H,29,32)(H,30,33)(H,34,35)(H4,26,27,28)/t16?,20-,22-/m0/s1. The number of nitrogens with zero attached hydrogens (tertiary/aromatic N) is 1. The third kappa shape index (κ3) is 7.99. The third-order valence-electron chi connectivity index (χ3n) is 6.03. The summed E-state index contributed by atoms with van der Waals surface area (Å²) in [6, 6.07) is 11.5. The molecule has 2 amide bonds. The number of aliphatic carboxylic acids is 1. The molecule has 2 aromatic carbocycles. The second-order valence-corrected chi connectivity index (χ2v) is 10.8. The van der Waals surface area contributed by atoms with Crippen LogP contribution in [0.15, 0.2) is 59.5 Å². The van der Waals surface area contributed by atoms with Crippen LogP contribution in [0.2, 0.25) is 0 Å². The van der Waals surface area contributed by atoms with Crippen LogP contribution in [-0.2, 0) is 35.6 Å². The number of benzene rings is 2. The molecule has 0 spiro atoms. The molecular weight excluding hydrogens is 528 g/mol. The topological polar surface area (TPSA) is 204 Å². The Morgan fingerprint density at radius 1 is 1.15 bits per heavy atom. The lowest BCUT2D eigenvalue weighted by atomic mass is 10.0. The van der Waals surface area contributed by atoms with E-state index in [1.165, 1.54) is 12.1 Å². The lowest BCUT2D eigenvalue weighted by Crippen LogP contribution is -2.54. The van der Waals surface area contributed by atoms with Crippen molar-refractivity contribution < 1.29 is 32.6 Å². The van der Waals surface area contributed by atoms with Crippen LogP contribution in [-0.4, -0.2) is 73.0 Å². The first-order chi connectivity index (χ1) is 18.5. The molecule has 210 valence electrons. The molecule has 0 bridgehead atoms. The molecule has 0 radical (unpaired) electrons. The summed E-state index contributed by atoms with van der Waals surface area (Å²) in [6.07, 6.45) is -0.160. The molecule has 3 rings (SSSR count). The Labute approximate surface area is 226 Å². The van der Waals surface area contributed by atoms with Crippen LogP contribution in [0, 0.1) is 5.41 Å². The second-order valence-electron chi connectivity index (χ2n) is 8.94. The number of hydrogen-bond acceptors (Lipinski definition) is 7. The highest BCUT2D eigenvalue weighted by Crippen LogP contribution is 2.26. The molecule has 1 fully saturated rings. The number of anilines is 1. The number of carboxylic acids is 1. The minimum absolute atomic E-state index is 0.00445. The second kappa shape index (κ2) is 13.2. The van der Waals surface area contributed by atoms with E-state index in [9.17, 15) is 27.9 Å². The average Bonchev–Trinajstić information content (AvgIpc) is 3.30. The van der Waals surface area contributed by atoms with E-state index >= 15 is 0 Å². The largest absolute Gasteiger partial charge is 0.480 e. The average molecular weight is 561 g/mol. The van der Waals surface area contributed by atoms with E-state index in [2.05, 4.69) is 16.0 Å². The number of ether oxygens (including phenoxy) is 1. The summed E-state index contributed by atoms with van der Waals surface area (Å²) in [5.74, 6) is -2.46. The molecule has 1 saturated heterocycles.